The molecule has 1 heterocycles. The summed E-state index contributed by atoms with van der Waals surface area (Å²) in [5.74, 6) is 0. The molecule has 0 aliphatic heterocycles. The Bertz CT molecular complexity index is 558. The second kappa shape index (κ2) is 6.98. The summed E-state index contributed by atoms with van der Waals surface area (Å²) >= 11 is 0. The molecule has 0 aliphatic carbocycles. The smallest absolute Gasteiger partial charge is 0.315 e. The van der Waals surface area contributed by atoms with Crippen molar-refractivity contribution < 1.29 is 4.79 Å². The average molecular weight is 273 g/mol. The highest BCUT2D eigenvalue weighted by atomic mass is 16.2. The molecule has 0 spiro atoms. The van der Waals surface area contributed by atoms with Crippen molar-refractivity contribution in [2.75, 3.05) is 6.54 Å². The molecule has 0 aliphatic rings. The summed E-state index contributed by atoms with van der Waals surface area (Å²) in [6.07, 6.45) is 4.78. The van der Waals surface area contributed by atoms with E-state index in [4.69, 9.17) is 0 Å². The lowest BCUT2D eigenvalue weighted by atomic mass is 10.1. The summed E-state index contributed by atoms with van der Waals surface area (Å²) < 4.78 is 0. The van der Waals surface area contributed by atoms with E-state index in [0.717, 1.165) is 24.8 Å². The number of carbonyl (C=O) groups is 1. The number of nitrogens with one attached hydrogen (secondary N) is 3. The molecule has 1 aromatic carbocycles. The van der Waals surface area contributed by atoms with E-state index in [1.54, 1.807) is 0 Å². The van der Waals surface area contributed by atoms with E-state index in [1.165, 1.54) is 10.9 Å². The van der Waals surface area contributed by atoms with Gasteiger partial charge in [0.25, 0.3) is 0 Å². The van der Waals surface area contributed by atoms with E-state index in [1.807, 2.05) is 18.3 Å². The van der Waals surface area contributed by atoms with Crippen LogP contribution in [0.25, 0.3) is 10.9 Å². The molecule has 0 radical (unpaired) electrons. The summed E-state index contributed by atoms with van der Waals surface area (Å²) in [4.78, 5) is 15.0. The van der Waals surface area contributed by atoms with Crippen molar-refractivity contribution in [3.8, 4) is 0 Å². The molecule has 4 heteroatoms. The highest BCUT2D eigenvalue weighted by Gasteiger charge is 2.08. The minimum atomic E-state index is -0.0708. The Morgan fingerprint density at radius 3 is 2.75 bits per heavy atom. The number of H-pyrrole nitrogens is 1. The van der Waals surface area contributed by atoms with Gasteiger partial charge in [-0.05, 0) is 30.9 Å². The van der Waals surface area contributed by atoms with E-state index < -0.39 is 0 Å². The zero-order valence-corrected chi connectivity index (χ0v) is 12.2. The minimum Gasteiger partial charge on any atom is -0.361 e. The Morgan fingerprint density at radius 1 is 1.25 bits per heavy atom. The Morgan fingerprint density at radius 2 is 2.00 bits per heavy atom. The lowest BCUT2D eigenvalue weighted by Crippen LogP contribution is -2.42. The molecule has 0 saturated carbocycles. The number of benzene rings is 1. The van der Waals surface area contributed by atoms with Gasteiger partial charge in [-0.25, -0.2) is 4.79 Å². The van der Waals surface area contributed by atoms with Crippen molar-refractivity contribution in [1.29, 1.82) is 0 Å². The number of aromatic nitrogens is 1. The average Bonchev–Trinajstić information content (AvgIpc) is 2.88. The first-order valence-corrected chi connectivity index (χ1v) is 7.34. The van der Waals surface area contributed by atoms with Gasteiger partial charge in [-0.15, -0.1) is 0 Å². The highest BCUT2D eigenvalue weighted by Crippen LogP contribution is 2.17. The second-order valence-electron chi connectivity index (χ2n) is 5.02. The lowest BCUT2D eigenvalue weighted by molar-refractivity contribution is 0.236. The molecule has 3 N–H and O–H groups in total. The molecule has 2 rings (SSSR count). The predicted molar refractivity (Wildman–Crippen MR) is 82.9 cm³/mol. The van der Waals surface area contributed by atoms with Crippen LogP contribution in [0.5, 0.6) is 0 Å². The van der Waals surface area contributed by atoms with Crippen LogP contribution in [0.15, 0.2) is 30.5 Å². The van der Waals surface area contributed by atoms with E-state index >= 15 is 0 Å². The van der Waals surface area contributed by atoms with Gasteiger partial charge in [0.15, 0.2) is 0 Å². The molecular weight excluding hydrogens is 250 g/mol. The van der Waals surface area contributed by atoms with Crippen LogP contribution in [0.1, 0.15) is 32.3 Å². The number of aromatic amines is 1. The largest absolute Gasteiger partial charge is 0.361 e. The van der Waals surface area contributed by atoms with E-state index in [9.17, 15) is 4.79 Å². The molecular formula is C16H23N3O. The van der Waals surface area contributed by atoms with Gasteiger partial charge in [-0.2, -0.15) is 0 Å². The number of amides is 2. The maximum atomic E-state index is 11.7. The third-order valence-electron chi connectivity index (χ3n) is 3.68. The number of fused-ring (bicyclic) bond motifs is 1. The SMILES string of the molecule is CCC(CC)NC(=O)NCCc1c[nH]c2ccccc12. The molecule has 0 unspecified atom stereocenters. The number of hydrogen-bond acceptors (Lipinski definition) is 1. The number of carbonyl (C=O) groups excluding carboxylic acids is 1. The van der Waals surface area contributed by atoms with Gasteiger partial charge in [0.1, 0.15) is 0 Å². The quantitative estimate of drug-likeness (QED) is 0.743. The maximum Gasteiger partial charge on any atom is 0.315 e. The maximum absolute atomic E-state index is 11.7. The molecule has 0 fully saturated rings. The van der Waals surface area contributed by atoms with Gasteiger partial charge in [0.05, 0.1) is 0 Å². The molecule has 0 bridgehead atoms. The molecule has 2 aromatic rings. The number of urea groups is 1. The Kier molecular flexibility index (Phi) is 5.04. The van der Waals surface area contributed by atoms with Crippen LogP contribution in [-0.2, 0) is 6.42 Å². The first kappa shape index (κ1) is 14.4. The van der Waals surface area contributed by atoms with Gasteiger partial charge in [-0.1, -0.05) is 32.0 Å². The van der Waals surface area contributed by atoms with E-state index in [0.29, 0.717) is 6.54 Å². The Labute approximate surface area is 120 Å². The normalized spacial score (nSPS) is 10.9. The minimum absolute atomic E-state index is 0.0708. The van der Waals surface area contributed by atoms with Crippen molar-refractivity contribution in [3.63, 3.8) is 0 Å². The van der Waals surface area contributed by atoms with Crippen molar-refractivity contribution in [3.05, 3.63) is 36.0 Å². The van der Waals surface area contributed by atoms with Gasteiger partial charge in [0, 0.05) is 29.7 Å². The van der Waals surface area contributed by atoms with Crippen LogP contribution in [0, 0.1) is 0 Å². The van der Waals surface area contributed by atoms with Gasteiger partial charge in [0.2, 0.25) is 0 Å². The molecule has 4 nitrogen and oxygen atoms in total. The fraction of sp³-hybridized carbons (Fsp3) is 0.438. The molecule has 0 atom stereocenters. The first-order chi connectivity index (χ1) is 9.74. The summed E-state index contributed by atoms with van der Waals surface area (Å²) in [5, 5.41) is 7.13. The van der Waals surface area contributed by atoms with Crippen molar-refractivity contribution in [1.82, 2.24) is 15.6 Å². The predicted octanol–water partition coefficient (Wildman–Crippen LogP) is 3.20. The number of rotatable bonds is 6. The van der Waals surface area contributed by atoms with Crippen molar-refractivity contribution in [2.24, 2.45) is 0 Å². The summed E-state index contributed by atoms with van der Waals surface area (Å²) in [7, 11) is 0. The van der Waals surface area contributed by atoms with E-state index in [-0.39, 0.29) is 12.1 Å². The molecule has 2 amide bonds. The van der Waals surface area contributed by atoms with Crippen molar-refractivity contribution in [2.45, 2.75) is 39.2 Å². The fourth-order valence-electron chi connectivity index (χ4n) is 2.38. The molecule has 1 aromatic heterocycles. The van der Waals surface area contributed by atoms with Gasteiger partial charge >= 0.3 is 6.03 Å². The lowest BCUT2D eigenvalue weighted by Gasteiger charge is -2.15. The standard InChI is InChI=1S/C16H23N3O/c1-3-13(4-2)19-16(20)17-10-9-12-11-18-15-8-6-5-7-14(12)15/h5-8,11,13,18H,3-4,9-10H2,1-2H3,(H2,17,19,20). The van der Waals surface area contributed by atoms with Crippen LogP contribution in [0.4, 0.5) is 4.79 Å². The highest BCUT2D eigenvalue weighted by molar-refractivity contribution is 5.83. The fourth-order valence-corrected chi connectivity index (χ4v) is 2.38. The topological polar surface area (TPSA) is 56.9 Å². The van der Waals surface area contributed by atoms with Crippen LogP contribution in [-0.4, -0.2) is 23.6 Å². The van der Waals surface area contributed by atoms with Crippen molar-refractivity contribution >= 4 is 16.9 Å². The Hall–Kier alpha value is -1.97. The van der Waals surface area contributed by atoms with Gasteiger partial charge < -0.3 is 15.6 Å². The summed E-state index contributed by atoms with van der Waals surface area (Å²) in [5.41, 5.74) is 2.38. The number of para-hydroxylation sites is 1. The summed E-state index contributed by atoms with van der Waals surface area (Å²) in [6.45, 7) is 4.81. The van der Waals surface area contributed by atoms with Crippen LogP contribution < -0.4 is 10.6 Å². The van der Waals surface area contributed by atoms with E-state index in [2.05, 4.69) is 41.6 Å². The number of hydrogen-bond donors (Lipinski definition) is 3. The molecule has 20 heavy (non-hydrogen) atoms. The van der Waals surface area contributed by atoms with Crippen LogP contribution in [0.2, 0.25) is 0 Å². The first-order valence-electron chi connectivity index (χ1n) is 7.34. The van der Waals surface area contributed by atoms with Crippen LogP contribution in [0.3, 0.4) is 0 Å². The summed E-state index contributed by atoms with van der Waals surface area (Å²) in [6, 6.07) is 8.41. The Balaban J connectivity index is 1.82. The third-order valence-corrected chi connectivity index (χ3v) is 3.68. The molecule has 0 saturated heterocycles. The molecule has 108 valence electrons. The monoisotopic (exact) mass is 273 g/mol. The second-order valence-corrected chi connectivity index (χ2v) is 5.02. The third kappa shape index (κ3) is 3.53. The zero-order valence-electron chi connectivity index (χ0n) is 12.2. The zero-order chi connectivity index (χ0) is 14.4. The van der Waals surface area contributed by atoms with Crippen LogP contribution >= 0.6 is 0 Å². The van der Waals surface area contributed by atoms with Gasteiger partial charge in [-0.3, -0.25) is 0 Å².